The molecule has 0 aliphatic carbocycles. The molecule has 0 fully saturated rings. The van der Waals surface area contributed by atoms with Crippen LogP contribution in [0.25, 0.3) is 0 Å². The average Bonchev–Trinajstić information content (AvgIpc) is 1.80. The molecule has 0 atom stereocenters. The van der Waals surface area contributed by atoms with Gasteiger partial charge in [0, 0.05) is 12.3 Å². The Morgan fingerprint density at radius 3 is 2.78 bits per heavy atom. The highest BCUT2D eigenvalue weighted by molar-refractivity contribution is 6.17. The first-order valence-electron chi connectivity index (χ1n) is 2.61. The van der Waals surface area contributed by atoms with Crippen molar-refractivity contribution < 1.29 is 4.79 Å². The summed E-state index contributed by atoms with van der Waals surface area (Å²) in [6.07, 6.45) is 1.45. The van der Waals surface area contributed by atoms with Gasteiger partial charge in [0.2, 0.25) is 0 Å². The minimum atomic E-state index is -0.579. The number of alkyl halides is 1. The van der Waals surface area contributed by atoms with Crippen LogP contribution in [0.4, 0.5) is 0 Å². The van der Waals surface area contributed by atoms with Crippen molar-refractivity contribution in [3.05, 3.63) is 0 Å². The summed E-state index contributed by atoms with van der Waals surface area (Å²) in [5.41, 5.74) is 4.73. The number of unbranched alkanes of at least 4 members (excludes halogenated alkanes) is 1. The van der Waals surface area contributed by atoms with Crippen LogP contribution in [0, 0.1) is 11.8 Å². The van der Waals surface area contributed by atoms with Crippen LogP contribution >= 0.6 is 11.6 Å². The molecule has 50 valence electrons. The Balaban J connectivity index is 3.27. The second-order valence-corrected chi connectivity index (χ2v) is 1.84. The molecule has 0 heterocycles. The number of carbonyl (C=O) groups excluding carboxylic acids is 1. The molecule has 1 amide bonds. The van der Waals surface area contributed by atoms with Gasteiger partial charge < -0.3 is 5.73 Å². The van der Waals surface area contributed by atoms with Crippen molar-refractivity contribution in [1.29, 1.82) is 0 Å². The fourth-order valence-electron chi connectivity index (χ4n) is 0.305. The topological polar surface area (TPSA) is 43.1 Å². The highest BCUT2D eigenvalue weighted by Crippen LogP contribution is 1.87. The maximum Gasteiger partial charge on any atom is 0.293 e. The second-order valence-electron chi connectivity index (χ2n) is 1.46. The number of nitrogens with two attached hydrogens (primary N) is 1. The number of halogens is 1. The van der Waals surface area contributed by atoms with Gasteiger partial charge in [0.05, 0.1) is 0 Å². The lowest BCUT2D eigenvalue weighted by atomic mass is 10.3. The van der Waals surface area contributed by atoms with E-state index in [2.05, 4.69) is 11.8 Å². The van der Waals surface area contributed by atoms with Crippen molar-refractivity contribution in [1.82, 2.24) is 0 Å². The van der Waals surface area contributed by atoms with Gasteiger partial charge in [-0.15, -0.1) is 11.6 Å². The zero-order valence-corrected chi connectivity index (χ0v) is 5.74. The van der Waals surface area contributed by atoms with Crippen LogP contribution in [-0.4, -0.2) is 11.8 Å². The molecular formula is C6H8ClNO. The maximum absolute atomic E-state index is 9.98. The summed E-state index contributed by atoms with van der Waals surface area (Å²) in [5, 5.41) is 0. The SMILES string of the molecule is NC(=O)C#CCCCCl. The number of primary amides is 1. The highest BCUT2D eigenvalue weighted by atomic mass is 35.5. The van der Waals surface area contributed by atoms with Crippen molar-refractivity contribution in [3.8, 4) is 11.8 Å². The normalized spacial score (nSPS) is 7.67. The average molecular weight is 146 g/mol. The highest BCUT2D eigenvalue weighted by Gasteiger charge is 1.80. The number of hydrogen-bond acceptors (Lipinski definition) is 1. The summed E-state index contributed by atoms with van der Waals surface area (Å²) in [7, 11) is 0. The number of carbonyl (C=O) groups is 1. The second kappa shape index (κ2) is 5.46. The van der Waals surface area contributed by atoms with Gasteiger partial charge in [0.1, 0.15) is 0 Å². The van der Waals surface area contributed by atoms with E-state index in [0.29, 0.717) is 12.3 Å². The van der Waals surface area contributed by atoms with Crippen molar-refractivity contribution in [2.75, 3.05) is 5.88 Å². The summed E-state index contributed by atoms with van der Waals surface area (Å²) in [6, 6.07) is 0. The van der Waals surface area contributed by atoms with E-state index in [1.165, 1.54) is 0 Å². The van der Waals surface area contributed by atoms with Crippen LogP contribution in [0.3, 0.4) is 0 Å². The molecule has 0 saturated carbocycles. The Labute approximate surface area is 59.4 Å². The smallest absolute Gasteiger partial charge is 0.293 e. The lowest BCUT2D eigenvalue weighted by molar-refractivity contribution is -0.112. The molecule has 0 aliphatic heterocycles. The third kappa shape index (κ3) is 7.32. The van der Waals surface area contributed by atoms with Crippen molar-refractivity contribution >= 4 is 17.5 Å². The molecule has 0 aliphatic rings. The molecule has 0 aromatic carbocycles. The molecule has 0 unspecified atom stereocenters. The monoisotopic (exact) mass is 145 g/mol. The van der Waals surface area contributed by atoms with Crippen LogP contribution in [0.1, 0.15) is 12.8 Å². The van der Waals surface area contributed by atoms with Gasteiger partial charge in [-0.3, -0.25) is 4.79 Å². The summed E-state index contributed by atoms with van der Waals surface area (Å²) in [5.74, 6) is 4.79. The maximum atomic E-state index is 9.98. The molecule has 9 heavy (non-hydrogen) atoms. The van der Waals surface area contributed by atoms with E-state index < -0.39 is 5.91 Å². The molecule has 2 N–H and O–H groups in total. The van der Waals surface area contributed by atoms with Crippen LogP contribution in [-0.2, 0) is 4.79 Å². The molecule has 2 nitrogen and oxygen atoms in total. The van der Waals surface area contributed by atoms with E-state index in [9.17, 15) is 4.79 Å². The Morgan fingerprint density at radius 1 is 1.67 bits per heavy atom. The van der Waals surface area contributed by atoms with Crippen LogP contribution in [0.15, 0.2) is 0 Å². The molecular weight excluding hydrogens is 138 g/mol. The standard InChI is InChI=1S/C6H8ClNO/c7-5-3-1-2-4-6(8)9/h1,3,5H2,(H2,8,9). The van der Waals surface area contributed by atoms with E-state index in [1.54, 1.807) is 0 Å². The van der Waals surface area contributed by atoms with Gasteiger partial charge in [-0.05, 0) is 12.3 Å². The Morgan fingerprint density at radius 2 is 2.33 bits per heavy atom. The predicted molar refractivity (Wildman–Crippen MR) is 36.9 cm³/mol. The first kappa shape index (κ1) is 8.32. The molecule has 0 bridgehead atoms. The fourth-order valence-corrected chi connectivity index (χ4v) is 0.438. The summed E-state index contributed by atoms with van der Waals surface area (Å²) in [4.78, 5) is 9.98. The van der Waals surface area contributed by atoms with Crippen LogP contribution < -0.4 is 5.73 Å². The molecule has 0 radical (unpaired) electrons. The molecule has 0 aromatic heterocycles. The Bertz CT molecular complexity index is 145. The van der Waals surface area contributed by atoms with Crippen LogP contribution in [0.2, 0.25) is 0 Å². The lowest BCUT2D eigenvalue weighted by Crippen LogP contribution is -2.05. The Kier molecular flexibility index (Phi) is 5.04. The van der Waals surface area contributed by atoms with Crippen molar-refractivity contribution in [2.45, 2.75) is 12.8 Å². The number of amides is 1. The van der Waals surface area contributed by atoms with Crippen molar-refractivity contribution in [3.63, 3.8) is 0 Å². The molecule has 0 aromatic rings. The minimum absolute atomic E-state index is 0.577. The van der Waals surface area contributed by atoms with E-state index in [-0.39, 0.29) is 0 Å². The van der Waals surface area contributed by atoms with Gasteiger partial charge >= 0.3 is 0 Å². The van der Waals surface area contributed by atoms with E-state index in [4.69, 9.17) is 17.3 Å². The molecule has 0 saturated heterocycles. The molecule has 0 spiro atoms. The van der Waals surface area contributed by atoms with E-state index in [0.717, 1.165) is 6.42 Å². The summed E-state index contributed by atoms with van der Waals surface area (Å²) < 4.78 is 0. The first-order chi connectivity index (χ1) is 4.27. The molecule has 0 rings (SSSR count). The van der Waals surface area contributed by atoms with Gasteiger partial charge in [-0.1, -0.05) is 5.92 Å². The third-order valence-electron chi connectivity index (χ3n) is 0.647. The van der Waals surface area contributed by atoms with E-state index >= 15 is 0 Å². The minimum Gasteiger partial charge on any atom is -0.359 e. The fraction of sp³-hybridized carbons (Fsp3) is 0.500. The van der Waals surface area contributed by atoms with Gasteiger partial charge in [0.15, 0.2) is 0 Å². The zero-order valence-electron chi connectivity index (χ0n) is 4.98. The van der Waals surface area contributed by atoms with E-state index in [1.807, 2.05) is 0 Å². The largest absolute Gasteiger partial charge is 0.359 e. The summed E-state index contributed by atoms with van der Waals surface area (Å²) >= 11 is 5.33. The number of hydrogen-bond donors (Lipinski definition) is 1. The zero-order chi connectivity index (χ0) is 7.11. The predicted octanol–water partition coefficient (Wildman–Crippen LogP) is 0.494. The quantitative estimate of drug-likeness (QED) is 0.343. The first-order valence-corrected chi connectivity index (χ1v) is 3.15. The van der Waals surface area contributed by atoms with Gasteiger partial charge in [-0.25, -0.2) is 0 Å². The van der Waals surface area contributed by atoms with Crippen LogP contribution in [0.5, 0.6) is 0 Å². The lowest BCUT2D eigenvalue weighted by Gasteiger charge is -1.80. The van der Waals surface area contributed by atoms with Crippen molar-refractivity contribution in [2.24, 2.45) is 5.73 Å². The summed E-state index contributed by atoms with van der Waals surface area (Å²) in [6.45, 7) is 0. The molecule has 3 heteroatoms. The Hall–Kier alpha value is -0.680. The number of rotatable bonds is 2. The third-order valence-corrected chi connectivity index (χ3v) is 0.914. The van der Waals surface area contributed by atoms with Gasteiger partial charge in [0.25, 0.3) is 5.91 Å². The van der Waals surface area contributed by atoms with Gasteiger partial charge in [-0.2, -0.15) is 0 Å².